The summed E-state index contributed by atoms with van der Waals surface area (Å²) in [5.74, 6) is -2.04. The molecule has 2 aromatic rings. The van der Waals surface area contributed by atoms with Crippen molar-refractivity contribution in [2.75, 3.05) is 39.4 Å². The Hall–Kier alpha value is -2.43. The Bertz CT molecular complexity index is 996. The largest absolute Gasteiger partial charge is 0.490 e. The topological polar surface area (TPSA) is 70.8 Å². The Labute approximate surface area is 203 Å². The number of nitrogens with zero attached hydrogens (tertiary/aromatic N) is 4. The van der Waals surface area contributed by atoms with E-state index in [2.05, 4.69) is 45.4 Å². The molecule has 35 heavy (non-hydrogen) atoms. The summed E-state index contributed by atoms with van der Waals surface area (Å²) in [6.07, 6.45) is 2.80. The maximum absolute atomic E-state index is 10.6. The van der Waals surface area contributed by atoms with Gasteiger partial charge >= 0.3 is 12.1 Å². The standard InChI is InChI=1S/C23H32N4O.C2HF3O2/c1-25-13-20(12-24-25)15-26-9-7-23(8-10-26)18-27(14-19-6-11-28-17-19)16-21-4-2-3-5-22(21)23;3-2(4,5)1(6)7/h2-5,12-13,19H,6-11,14-18H2,1H3;(H,6,7). The van der Waals surface area contributed by atoms with E-state index < -0.39 is 12.1 Å². The van der Waals surface area contributed by atoms with E-state index in [9.17, 15) is 13.2 Å². The van der Waals surface area contributed by atoms with Crippen molar-refractivity contribution in [3.63, 3.8) is 0 Å². The number of likely N-dealkylation sites (tertiary alicyclic amines) is 1. The molecule has 10 heteroatoms. The van der Waals surface area contributed by atoms with E-state index in [0.29, 0.717) is 11.3 Å². The zero-order valence-corrected chi connectivity index (χ0v) is 20.0. The molecular formula is C25H33F3N4O3. The number of rotatable bonds is 4. The van der Waals surface area contributed by atoms with Gasteiger partial charge in [-0.2, -0.15) is 18.3 Å². The zero-order chi connectivity index (χ0) is 25.1. The fourth-order valence-electron chi connectivity index (χ4n) is 5.59. The molecule has 1 spiro atoms. The number of carboxylic acid groups (broad SMARTS) is 1. The SMILES string of the molecule is Cn1cc(CN2CCC3(CC2)CN(CC2CCOC2)Cc2ccccc23)cn1.O=C(O)C(F)(F)F. The van der Waals surface area contributed by atoms with Crippen molar-refractivity contribution in [3.05, 3.63) is 53.3 Å². The highest BCUT2D eigenvalue weighted by atomic mass is 19.4. The second-order valence-electron chi connectivity index (χ2n) is 9.94. The predicted octanol–water partition coefficient (Wildman–Crippen LogP) is 3.44. The lowest BCUT2D eigenvalue weighted by molar-refractivity contribution is -0.192. The minimum atomic E-state index is -5.08. The van der Waals surface area contributed by atoms with Gasteiger partial charge in [0.05, 0.1) is 12.8 Å². The molecule has 0 amide bonds. The van der Waals surface area contributed by atoms with Crippen LogP contribution in [-0.4, -0.2) is 76.2 Å². The predicted molar refractivity (Wildman–Crippen MR) is 124 cm³/mol. The number of alkyl halides is 3. The lowest BCUT2D eigenvalue weighted by atomic mass is 9.68. The first-order valence-corrected chi connectivity index (χ1v) is 12.0. The number of aliphatic carboxylic acids is 1. The molecule has 192 valence electrons. The van der Waals surface area contributed by atoms with Crippen LogP contribution in [-0.2, 0) is 35.1 Å². The number of piperidine rings is 1. The van der Waals surface area contributed by atoms with E-state index in [-0.39, 0.29) is 0 Å². The maximum Gasteiger partial charge on any atom is 0.490 e. The van der Waals surface area contributed by atoms with Gasteiger partial charge in [-0.1, -0.05) is 24.3 Å². The molecular weight excluding hydrogens is 461 g/mol. The van der Waals surface area contributed by atoms with E-state index in [4.69, 9.17) is 14.6 Å². The maximum atomic E-state index is 10.6. The number of ether oxygens (including phenoxy) is 1. The minimum absolute atomic E-state index is 0.319. The van der Waals surface area contributed by atoms with Crippen molar-refractivity contribution in [1.29, 1.82) is 0 Å². The number of benzene rings is 1. The van der Waals surface area contributed by atoms with E-state index in [1.54, 1.807) is 11.1 Å². The monoisotopic (exact) mass is 494 g/mol. The fourth-order valence-corrected chi connectivity index (χ4v) is 5.59. The van der Waals surface area contributed by atoms with Crippen molar-refractivity contribution in [2.24, 2.45) is 13.0 Å². The summed E-state index contributed by atoms with van der Waals surface area (Å²) >= 11 is 0. The van der Waals surface area contributed by atoms with Crippen LogP contribution in [0.4, 0.5) is 13.2 Å². The van der Waals surface area contributed by atoms with Gasteiger partial charge in [0, 0.05) is 57.0 Å². The second kappa shape index (κ2) is 10.7. The Morgan fingerprint density at radius 2 is 1.94 bits per heavy atom. The molecule has 0 aliphatic carbocycles. The van der Waals surface area contributed by atoms with Crippen molar-refractivity contribution >= 4 is 5.97 Å². The van der Waals surface area contributed by atoms with Gasteiger partial charge in [0.25, 0.3) is 0 Å². The lowest BCUT2D eigenvalue weighted by Gasteiger charge is -2.49. The van der Waals surface area contributed by atoms with Crippen LogP contribution in [0.1, 0.15) is 36.0 Å². The second-order valence-corrected chi connectivity index (χ2v) is 9.94. The lowest BCUT2D eigenvalue weighted by Crippen LogP contribution is -2.52. The number of aromatic nitrogens is 2. The molecule has 1 aromatic heterocycles. The third-order valence-electron chi connectivity index (χ3n) is 7.27. The van der Waals surface area contributed by atoms with Gasteiger partial charge in [0.1, 0.15) is 0 Å². The zero-order valence-electron chi connectivity index (χ0n) is 20.0. The summed E-state index contributed by atoms with van der Waals surface area (Å²) in [6.45, 7) is 8.76. The van der Waals surface area contributed by atoms with Crippen molar-refractivity contribution in [2.45, 2.75) is 43.9 Å². The third-order valence-corrected chi connectivity index (χ3v) is 7.27. The molecule has 1 atom stereocenters. The Kier molecular flexibility index (Phi) is 7.83. The van der Waals surface area contributed by atoms with E-state index in [1.165, 1.54) is 51.0 Å². The highest BCUT2D eigenvalue weighted by Crippen LogP contribution is 2.42. The first-order chi connectivity index (χ1) is 16.6. The quantitative estimate of drug-likeness (QED) is 0.702. The van der Waals surface area contributed by atoms with Crippen LogP contribution in [0.3, 0.4) is 0 Å². The van der Waals surface area contributed by atoms with Gasteiger partial charge in [-0.15, -0.1) is 0 Å². The van der Waals surface area contributed by atoms with Crippen molar-refractivity contribution in [3.8, 4) is 0 Å². The van der Waals surface area contributed by atoms with Gasteiger partial charge in [0.2, 0.25) is 0 Å². The molecule has 1 aromatic carbocycles. The summed E-state index contributed by atoms with van der Waals surface area (Å²) in [5, 5.41) is 11.5. The summed E-state index contributed by atoms with van der Waals surface area (Å²) in [5.41, 5.74) is 4.81. The summed E-state index contributed by atoms with van der Waals surface area (Å²) in [7, 11) is 2.00. The van der Waals surface area contributed by atoms with Gasteiger partial charge in [-0.05, 0) is 49.4 Å². The summed E-state index contributed by atoms with van der Waals surface area (Å²) < 4.78 is 39.3. The molecule has 2 fully saturated rings. The Morgan fingerprint density at radius 1 is 1.23 bits per heavy atom. The van der Waals surface area contributed by atoms with Crippen LogP contribution >= 0.6 is 0 Å². The minimum Gasteiger partial charge on any atom is -0.475 e. The Balaban J connectivity index is 0.000000364. The summed E-state index contributed by atoms with van der Waals surface area (Å²) in [6, 6.07) is 9.22. The molecule has 0 radical (unpaired) electrons. The van der Waals surface area contributed by atoms with Gasteiger partial charge in [-0.3, -0.25) is 14.5 Å². The van der Waals surface area contributed by atoms with Gasteiger partial charge < -0.3 is 9.84 Å². The highest BCUT2D eigenvalue weighted by molar-refractivity contribution is 5.73. The first-order valence-electron chi connectivity index (χ1n) is 12.0. The molecule has 3 aliphatic heterocycles. The van der Waals surface area contributed by atoms with Crippen LogP contribution in [0.5, 0.6) is 0 Å². The summed E-state index contributed by atoms with van der Waals surface area (Å²) in [4.78, 5) is 14.2. The van der Waals surface area contributed by atoms with Crippen LogP contribution in [0, 0.1) is 5.92 Å². The number of aryl methyl sites for hydroxylation is 1. The van der Waals surface area contributed by atoms with Crippen molar-refractivity contribution in [1.82, 2.24) is 19.6 Å². The van der Waals surface area contributed by atoms with E-state index >= 15 is 0 Å². The fraction of sp³-hybridized carbons (Fsp3) is 0.600. The molecule has 1 unspecified atom stereocenters. The number of fused-ring (bicyclic) bond motifs is 2. The Morgan fingerprint density at radius 3 is 2.54 bits per heavy atom. The van der Waals surface area contributed by atoms with Crippen LogP contribution < -0.4 is 0 Å². The molecule has 4 heterocycles. The number of carboxylic acids is 1. The molecule has 5 rings (SSSR count). The van der Waals surface area contributed by atoms with Crippen LogP contribution in [0.15, 0.2) is 36.7 Å². The number of carbonyl (C=O) groups is 1. The molecule has 0 bridgehead atoms. The third kappa shape index (κ3) is 6.42. The van der Waals surface area contributed by atoms with Gasteiger partial charge in [0.15, 0.2) is 0 Å². The number of halogens is 3. The average Bonchev–Trinajstić information content (AvgIpc) is 3.47. The number of hydrogen-bond acceptors (Lipinski definition) is 5. The molecule has 3 aliphatic rings. The smallest absolute Gasteiger partial charge is 0.475 e. The highest BCUT2D eigenvalue weighted by Gasteiger charge is 2.42. The molecule has 7 nitrogen and oxygen atoms in total. The van der Waals surface area contributed by atoms with Crippen LogP contribution in [0.25, 0.3) is 0 Å². The van der Waals surface area contributed by atoms with Crippen LogP contribution in [0.2, 0.25) is 0 Å². The van der Waals surface area contributed by atoms with Crippen molar-refractivity contribution < 1.29 is 27.8 Å². The van der Waals surface area contributed by atoms with E-state index in [0.717, 1.165) is 26.3 Å². The molecule has 1 N–H and O–H groups in total. The number of hydrogen-bond donors (Lipinski definition) is 1. The molecule has 0 saturated carbocycles. The van der Waals surface area contributed by atoms with Gasteiger partial charge in [-0.25, -0.2) is 4.79 Å². The first kappa shape index (κ1) is 25.7. The normalized spacial score (nSPS) is 22.5. The average molecular weight is 495 g/mol. The molecule has 2 saturated heterocycles. The van der Waals surface area contributed by atoms with E-state index in [1.807, 2.05) is 17.9 Å².